The molecule has 2 nitrogen and oxygen atoms in total. The minimum atomic E-state index is 0.763. The summed E-state index contributed by atoms with van der Waals surface area (Å²) in [6.45, 7) is 0. The number of hydrogen-bond acceptors (Lipinski definition) is 2. The van der Waals surface area contributed by atoms with E-state index in [1.54, 1.807) is 19.5 Å². The zero-order valence-corrected chi connectivity index (χ0v) is 9.15. The van der Waals surface area contributed by atoms with Crippen molar-refractivity contribution in [1.82, 2.24) is 4.98 Å². The highest BCUT2D eigenvalue weighted by Crippen LogP contribution is 2.26. The highest BCUT2D eigenvalue weighted by molar-refractivity contribution is 9.10. The van der Waals surface area contributed by atoms with E-state index in [-0.39, 0.29) is 0 Å². The highest BCUT2D eigenvalue weighted by Gasteiger charge is 2.04. The monoisotopic (exact) mass is 279 g/mol. The lowest BCUT2D eigenvalue weighted by atomic mass is 10.3. The Morgan fingerprint density at radius 1 is 1.55 bits per heavy atom. The van der Waals surface area contributed by atoms with Gasteiger partial charge in [0, 0.05) is 21.6 Å². The van der Waals surface area contributed by atoms with Gasteiger partial charge in [0.25, 0.3) is 0 Å². The van der Waals surface area contributed by atoms with Crippen molar-refractivity contribution in [3.05, 3.63) is 22.4 Å². The summed E-state index contributed by atoms with van der Waals surface area (Å²) in [5.41, 5.74) is 1.09. The topological polar surface area (TPSA) is 22.1 Å². The van der Waals surface area contributed by atoms with Crippen LogP contribution in [0.15, 0.2) is 16.9 Å². The van der Waals surface area contributed by atoms with E-state index < -0.39 is 0 Å². The molecule has 1 rings (SSSR count). The number of pyridine rings is 1. The molecule has 0 fully saturated rings. The maximum atomic E-state index is 5.09. The second kappa shape index (κ2) is 4.07. The molecule has 0 aromatic carbocycles. The van der Waals surface area contributed by atoms with Crippen molar-refractivity contribution >= 4 is 31.9 Å². The van der Waals surface area contributed by atoms with Crippen LogP contribution in [0, 0.1) is 0 Å². The van der Waals surface area contributed by atoms with Crippen LogP contribution < -0.4 is 4.74 Å². The first-order chi connectivity index (χ1) is 5.29. The molecule has 1 aromatic rings. The number of alkyl halides is 1. The number of aromatic nitrogens is 1. The lowest BCUT2D eigenvalue weighted by molar-refractivity contribution is 0.409. The third kappa shape index (κ3) is 1.93. The predicted molar refractivity (Wildman–Crippen MR) is 51.1 cm³/mol. The molecule has 0 aliphatic rings. The molecule has 0 spiro atoms. The molecule has 0 aliphatic carbocycles. The molecule has 0 radical (unpaired) electrons. The second-order valence-corrected chi connectivity index (χ2v) is 3.35. The van der Waals surface area contributed by atoms with E-state index in [2.05, 4.69) is 36.8 Å². The number of methoxy groups -OCH3 is 1. The summed E-state index contributed by atoms with van der Waals surface area (Å²) in [5, 5.41) is 0.763. The highest BCUT2D eigenvalue weighted by atomic mass is 79.9. The summed E-state index contributed by atoms with van der Waals surface area (Å²) < 4.78 is 6.06. The maximum absolute atomic E-state index is 5.09. The van der Waals surface area contributed by atoms with Gasteiger partial charge in [0.05, 0.1) is 13.3 Å². The average Bonchev–Trinajstić information content (AvgIpc) is 2.04. The fourth-order valence-electron chi connectivity index (χ4n) is 0.750. The van der Waals surface area contributed by atoms with Crippen molar-refractivity contribution in [3.8, 4) is 5.75 Å². The fourth-order valence-corrected chi connectivity index (χ4v) is 2.16. The molecule has 0 N–H and O–H groups in total. The van der Waals surface area contributed by atoms with E-state index in [1.807, 2.05) is 0 Å². The largest absolute Gasteiger partial charge is 0.495 e. The van der Waals surface area contributed by atoms with Gasteiger partial charge in [-0.2, -0.15) is 0 Å². The lowest BCUT2D eigenvalue weighted by Crippen LogP contribution is -1.91. The number of ether oxygens (including phenoxy) is 1. The summed E-state index contributed by atoms with van der Waals surface area (Å²) in [5.74, 6) is 0.802. The summed E-state index contributed by atoms with van der Waals surface area (Å²) in [6, 6.07) is 0. The summed E-state index contributed by atoms with van der Waals surface area (Å²) in [6.07, 6.45) is 3.44. The summed E-state index contributed by atoms with van der Waals surface area (Å²) in [4.78, 5) is 3.97. The number of hydrogen-bond donors (Lipinski definition) is 0. The normalized spacial score (nSPS) is 9.73. The van der Waals surface area contributed by atoms with Crippen LogP contribution in [-0.4, -0.2) is 12.1 Å². The van der Waals surface area contributed by atoms with Crippen molar-refractivity contribution in [3.63, 3.8) is 0 Å². The van der Waals surface area contributed by atoms with E-state index >= 15 is 0 Å². The Bertz CT molecular complexity index is 252. The van der Waals surface area contributed by atoms with Crippen LogP contribution in [0.3, 0.4) is 0 Å². The van der Waals surface area contributed by atoms with Crippen LogP contribution in [0.4, 0.5) is 0 Å². The lowest BCUT2D eigenvalue weighted by Gasteiger charge is -2.05. The fraction of sp³-hybridized carbons (Fsp3) is 0.286. The molecule has 11 heavy (non-hydrogen) atoms. The van der Waals surface area contributed by atoms with Crippen molar-refractivity contribution in [2.45, 2.75) is 5.33 Å². The standard InChI is InChI=1S/C7H7Br2NO/c1-11-7-4-10-3-6(9)5(7)2-8/h3-4H,2H2,1H3. The second-order valence-electron chi connectivity index (χ2n) is 1.94. The molecule has 0 saturated heterocycles. The van der Waals surface area contributed by atoms with E-state index in [1.165, 1.54) is 0 Å². The first-order valence-corrected chi connectivity index (χ1v) is 4.93. The molecule has 0 saturated carbocycles. The van der Waals surface area contributed by atoms with E-state index in [9.17, 15) is 0 Å². The van der Waals surface area contributed by atoms with Gasteiger partial charge >= 0.3 is 0 Å². The molecule has 0 amide bonds. The molecule has 1 heterocycles. The van der Waals surface area contributed by atoms with Crippen LogP contribution >= 0.6 is 31.9 Å². The minimum absolute atomic E-state index is 0.763. The van der Waals surface area contributed by atoms with Crippen molar-refractivity contribution < 1.29 is 4.74 Å². The zero-order chi connectivity index (χ0) is 8.27. The number of nitrogens with zero attached hydrogens (tertiary/aromatic N) is 1. The number of halogens is 2. The van der Waals surface area contributed by atoms with Crippen molar-refractivity contribution in [2.24, 2.45) is 0 Å². The van der Waals surface area contributed by atoms with Crippen molar-refractivity contribution in [2.75, 3.05) is 7.11 Å². The Balaban J connectivity index is 3.13. The summed E-state index contributed by atoms with van der Waals surface area (Å²) >= 11 is 6.74. The third-order valence-corrected chi connectivity index (χ3v) is 2.56. The van der Waals surface area contributed by atoms with E-state index in [0.29, 0.717) is 0 Å². The van der Waals surface area contributed by atoms with E-state index in [0.717, 1.165) is 21.1 Å². The van der Waals surface area contributed by atoms with Crippen LogP contribution in [0.2, 0.25) is 0 Å². The molecule has 4 heteroatoms. The van der Waals surface area contributed by atoms with Gasteiger partial charge in [0.1, 0.15) is 5.75 Å². The average molecular weight is 281 g/mol. The van der Waals surface area contributed by atoms with Gasteiger partial charge in [0.15, 0.2) is 0 Å². The summed E-state index contributed by atoms with van der Waals surface area (Å²) in [7, 11) is 1.63. The Kier molecular flexibility index (Phi) is 3.33. The Morgan fingerprint density at radius 3 is 2.73 bits per heavy atom. The molecule has 60 valence electrons. The molecular weight excluding hydrogens is 274 g/mol. The van der Waals surface area contributed by atoms with Crippen LogP contribution in [0.5, 0.6) is 5.75 Å². The quantitative estimate of drug-likeness (QED) is 0.777. The van der Waals surface area contributed by atoms with Gasteiger partial charge in [-0.3, -0.25) is 4.98 Å². The SMILES string of the molecule is COc1cncc(Br)c1CBr. The van der Waals surface area contributed by atoms with Crippen LogP contribution in [-0.2, 0) is 5.33 Å². The molecule has 0 unspecified atom stereocenters. The van der Waals surface area contributed by atoms with Gasteiger partial charge in [0.2, 0.25) is 0 Å². The smallest absolute Gasteiger partial charge is 0.142 e. The molecule has 0 bridgehead atoms. The van der Waals surface area contributed by atoms with Gasteiger partial charge in [-0.05, 0) is 15.9 Å². The van der Waals surface area contributed by atoms with Crippen LogP contribution in [0.25, 0.3) is 0 Å². The Morgan fingerprint density at radius 2 is 2.27 bits per heavy atom. The van der Waals surface area contributed by atoms with Crippen LogP contribution in [0.1, 0.15) is 5.56 Å². The van der Waals surface area contributed by atoms with Gasteiger partial charge in [-0.1, -0.05) is 15.9 Å². The predicted octanol–water partition coefficient (Wildman–Crippen LogP) is 2.75. The molecule has 0 aliphatic heterocycles. The molecule has 1 aromatic heterocycles. The minimum Gasteiger partial charge on any atom is -0.495 e. The zero-order valence-electron chi connectivity index (χ0n) is 5.97. The Hall–Kier alpha value is -0.0900. The third-order valence-electron chi connectivity index (χ3n) is 1.32. The van der Waals surface area contributed by atoms with E-state index in [4.69, 9.17) is 4.74 Å². The van der Waals surface area contributed by atoms with Gasteiger partial charge < -0.3 is 4.74 Å². The maximum Gasteiger partial charge on any atom is 0.142 e. The van der Waals surface area contributed by atoms with Gasteiger partial charge in [-0.25, -0.2) is 0 Å². The molecule has 0 atom stereocenters. The Labute approximate surface area is 82.2 Å². The van der Waals surface area contributed by atoms with Gasteiger partial charge in [-0.15, -0.1) is 0 Å². The number of rotatable bonds is 2. The first-order valence-electron chi connectivity index (χ1n) is 3.02. The molecular formula is C7H7Br2NO. The van der Waals surface area contributed by atoms with Crippen molar-refractivity contribution in [1.29, 1.82) is 0 Å². The first kappa shape index (κ1) is 9.00.